The number of carbonyl (C=O) groups excluding carboxylic acids is 2. The Balaban J connectivity index is 2.60. The minimum Gasteiger partial charge on any atom is -0.360 e. The first kappa shape index (κ1) is 15.1. The average Bonchev–Trinajstić information content (AvgIpc) is 2.70. The van der Waals surface area contributed by atoms with Gasteiger partial charge in [0.25, 0.3) is 6.20 Å². The fraction of sp³-hybridized carbons (Fsp3) is 0.222. The highest BCUT2D eigenvalue weighted by atomic mass is 35.5. The number of hydrogen-bond donors (Lipinski definition) is 2. The molecule has 8 nitrogen and oxygen atoms in total. The van der Waals surface area contributed by atoms with Crippen molar-refractivity contribution in [3.63, 3.8) is 0 Å². The molecule has 0 unspecified atom stereocenters. The van der Waals surface area contributed by atoms with E-state index in [2.05, 4.69) is 15.6 Å². The Morgan fingerprint density at radius 2 is 2.37 bits per heavy atom. The van der Waals surface area contributed by atoms with E-state index < -0.39 is 10.8 Å². The van der Waals surface area contributed by atoms with Gasteiger partial charge in [0.05, 0.1) is 17.9 Å². The number of aromatic nitrogens is 1. The summed E-state index contributed by atoms with van der Waals surface area (Å²) in [5, 5.41) is 15.0. The van der Waals surface area contributed by atoms with E-state index in [4.69, 9.17) is 11.6 Å². The molecule has 0 fully saturated rings. The third-order valence-electron chi connectivity index (χ3n) is 1.74. The summed E-state index contributed by atoms with van der Waals surface area (Å²) in [6, 6.07) is 0. The minimum absolute atomic E-state index is 0.0117. The Morgan fingerprint density at radius 3 is 2.89 bits per heavy atom. The molecule has 102 valence electrons. The van der Waals surface area contributed by atoms with Crippen LogP contribution in [0, 0.1) is 10.1 Å². The van der Waals surface area contributed by atoms with E-state index in [1.54, 1.807) is 0 Å². The summed E-state index contributed by atoms with van der Waals surface area (Å²) in [5.74, 6) is -0.635. The molecule has 1 aromatic rings. The van der Waals surface area contributed by atoms with Crippen LogP contribution in [0.3, 0.4) is 0 Å². The number of nitrogens with zero attached hydrogens (tertiary/aromatic N) is 2. The van der Waals surface area contributed by atoms with Gasteiger partial charge in [-0.3, -0.25) is 14.9 Å². The molecule has 2 N–H and O–H groups in total. The maximum Gasteiger partial charge on any atom is 0.274 e. The fourth-order valence-electron chi connectivity index (χ4n) is 1.10. The summed E-state index contributed by atoms with van der Waals surface area (Å²) in [4.78, 5) is 35.8. The number of rotatable bonds is 7. The Hall–Kier alpha value is -2.00. The van der Waals surface area contributed by atoms with Crippen molar-refractivity contribution in [3.8, 4) is 0 Å². The highest BCUT2D eigenvalue weighted by Crippen LogP contribution is 2.17. The van der Waals surface area contributed by atoms with Crippen LogP contribution >= 0.6 is 22.9 Å². The van der Waals surface area contributed by atoms with Crippen LogP contribution in [0.2, 0.25) is 4.47 Å². The second kappa shape index (κ2) is 7.44. The second-order valence-corrected chi connectivity index (χ2v) is 4.88. The Morgan fingerprint density at radius 1 is 1.63 bits per heavy atom. The standard InChI is InChI=1S/C9H9ClN4O4S/c10-9-12-4-6(19-9)3-8(16)13-7(5-14(17)18)11-1-2-15/h2,4-5,11H,1,3H2,(H,13,16)/b7-5+. The van der Waals surface area contributed by atoms with Crippen molar-refractivity contribution in [1.82, 2.24) is 15.6 Å². The summed E-state index contributed by atoms with van der Waals surface area (Å²) in [6.45, 7) is -0.146. The van der Waals surface area contributed by atoms with Gasteiger partial charge in [0.1, 0.15) is 6.29 Å². The molecule has 0 aliphatic heterocycles. The third-order valence-corrected chi connectivity index (χ3v) is 2.86. The largest absolute Gasteiger partial charge is 0.360 e. The van der Waals surface area contributed by atoms with E-state index >= 15 is 0 Å². The Kier molecular flexibility index (Phi) is 5.90. The van der Waals surface area contributed by atoms with Gasteiger partial charge in [-0.15, -0.1) is 11.3 Å². The average molecular weight is 305 g/mol. The number of nitrogens with one attached hydrogen (secondary N) is 2. The second-order valence-electron chi connectivity index (χ2n) is 3.18. The van der Waals surface area contributed by atoms with E-state index in [9.17, 15) is 19.7 Å². The fourth-order valence-corrected chi connectivity index (χ4v) is 2.07. The Bertz CT molecular complexity index is 516. The predicted octanol–water partition coefficient (Wildman–Crippen LogP) is 0.319. The number of carbonyl (C=O) groups is 2. The molecule has 0 radical (unpaired) electrons. The monoisotopic (exact) mass is 304 g/mol. The summed E-state index contributed by atoms with van der Waals surface area (Å²) >= 11 is 6.75. The van der Waals surface area contributed by atoms with Crippen LogP contribution in [0.5, 0.6) is 0 Å². The van der Waals surface area contributed by atoms with Crippen molar-refractivity contribution < 1.29 is 14.5 Å². The van der Waals surface area contributed by atoms with E-state index in [-0.39, 0.29) is 18.8 Å². The van der Waals surface area contributed by atoms with Gasteiger partial charge in [0.15, 0.2) is 10.3 Å². The quantitative estimate of drug-likeness (QED) is 0.426. The molecule has 0 spiro atoms. The number of nitro groups is 1. The first-order chi connectivity index (χ1) is 9.01. The summed E-state index contributed by atoms with van der Waals surface area (Å²) < 4.78 is 0.308. The van der Waals surface area contributed by atoms with Crippen molar-refractivity contribution >= 4 is 35.1 Å². The first-order valence-electron chi connectivity index (χ1n) is 4.94. The highest BCUT2D eigenvalue weighted by Gasteiger charge is 2.10. The van der Waals surface area contributed by atoms with Crippen molar-refractivity contribution in [2.24, 2.45) is 0 Å². The predicted molar refractivity (Wildman–Crippen MR) is 68.1 cm³/mol. The number of amides is 1. The highest BCUT2D eigenvalue weighted by molar-refractivity contribution is 7.15. The summed E-state index contributed by atoms with van der Waals surface area (Å²) in [6.07, 6.45) is 2.52. The van der Waals surface area contributed by atoms with Gasteiger partial charge in [-0.05, 0) is 0 Å². The molecule has 0 aliphatic carbocycles. The van der Waals surface area contributed by atoms with E-state index in [1.165, 1.54) is 6.20 Å². The maximum atomic E-state index is 11.6. The van der Waals surface area contributed by atoms with Crippen molar-refractivity contribution in [1.29, 1.82) is 0 Å². The van der Waals surface area contributed by atoms with E-state index in [0.717, 1.165) is 11.3 Å². The van der Waals surface area contributed by atoms with Gasteiger partial charge in [0.2, 0.25) is 5.91 Å². The lowest BCUT2D eigenvalue weighted by Crippen LogP contribution is -2.33. The van der Waals surface area contributed by atoms with Crippen molar-refractivity contribution in [2.75, 3.05) is 6.54 Å². The molecular weight excluding hydrogens is 296 g/mol. The molecule has 10 heteroatoms. The first-order valence-corrected chi connectivity index (χ1v) is 6.13. The zero-order chi connectivity index (χ0) is 14.3. The van der Waals surface area contributed by atoms with Gasteiger partial charge in [-0.1, -0.05) is 11.6 Å². The number of thiazole rings is 1. The molecule has 0 aromatic carbocycles. The summed E-state index contributed by atoms with van der Waals surface area (Å²) in [5.41, 5.74) is 0. The lowest BCUT2D eigenvalue weighted by Gasteiger charge is -2.07. The van der Waals surface area contributed by atoms with E-state index in [1.807, 2.05) is 0 Å². The molecule has 1 aromatic heterocycles. The topological polar surface area (TPSA) is 114 Å². The molecular formula is C9H9ClN4O4S. The number of halogens is 1. The lowest BCUT2D eigenvalue weighted by molar-refractivity contribution is -0.404. The molecule has 19 heavy (non-hydrogen) atoms. The molecule has 0 saturated heterocycles. The summed E-state index contributed by atoms with van der Waals surface area (Å²) in [7, 11) is 0. The van der Waals surface area contributed by atoms with Crippen molar-refractivity contribution in [3.05, 3.63) is 37.7 Å². The van der Waals surface area contributed by atoms with Gasteiger partial charge in [-0.2, -0.15) is 0 Å². The number of hydrogen-bond acceptors (Lipinski definition) is 7. The smallest absolute Gasteiger partial charge is 0.274 e. The molecule has 1 rings (SSSR count). The molecule has 0 aliphatic rings. The Labute approximate surface area is 116 Å². The van der Waals surface area contributed by atoms with Crippen LogP contribution in [0.4, 0.5) is 0 Å². The van der Waals surface area contributed by atoms with Crippen LogP contribution in [0.15, 0.2) is 18.2 Å². The van der Waals surface area contributed by atoms with Gasteiger partial charge < -0.3 is 15.4 Å². The zero-order valence-corrected chi connectivity index (χ0v) is 11.0. The molecule has 0 saturated carbocycles. The molecule has 1 amide bonds. The van der Waals surface area contributed by atoms with Crippen LogP contribution < -0.4 is 10.6 Å². The van der Waals surface area contributed by atoms with Crippen LogP contribution in [0.25, 0.3) is 0 Å². The normalized spacial score (nSPS) is 10.9. The van der Waals surface area contributed by atoms with Gasteiger partial charge in [-0.25, -0.2) is 4.98 Å². The van der Waals surface area contributed by atoms with Crippen LogP contribution in [-0.2, 0) is 16.0 Å². The molecule has 1 heterocycles. The van der Waals surface area contributed by atoms with Crippen molar-refractivity contribution in [2.45, 2.75) is 6.42 Å². The van der Waals surface area contributed by atoms with Gasteiger partial charge >= 0.3 is 0 Å². The van der Waals surface area contributed by atoms with Crippen LogP contribution in [-0.4, -0.2) is 28.6 Å². The lowest BCUT2D eigenvalue weighted by atomic mass is 10.3. The third kappa shape index (κ3) is 5.93. The minimum atomic E-state index is -0.739. The maximum absolute atomic E-state index is 11.6. The molecule has 0 atom stereocenters. The van der Waals surface area contributed by atoms with Crippen LogP contribution in [0.1, 0.15) is 4.88 Å². The van der Waals surface area contributed by atoms with Gasteiger partial charge in [0, 0.05) is 11.1 Å². The van der Waals surface area contributed by atoms with E-state index in [0.29, 0.717) is 21.8 Å². The SMILES string of the molecule is O=CCN/C(=C\[N+](=O)[O-])NC(=O)Cc1cnc(Cl)s1. The molecule has 0 bridgehead atoms. The number of aldehydes is 1. The zero-order valence-electron chi connectivity index (χ0n) is 9.46.